The predicted octanol–water partition coefficient (Wildman–Crippen LogP) is 1.27. The third-order valence-corrected chi connectivity index (χ3v) is 7.44. The number of oxazole rings is 1. The zero-order valence-corrected chi connectivity index (χ0v) is 18.0. The molecule has 160 valence electrons. The fourth-order valence-corrected chi connectivity index (χ4v) is 5.29. The minimum absolute atomic E-state index is 0.0257. The van der Waals surface area contributed by atoms with E-state index in [1.807, 2.05) is 24.8 Å². The Morgan fingerprint density at radius 3 is 2.47 bits per heavy atom. The van der Waals surface area contributed by atoms with Crippen molar-refractivity contribution in [3.8, 4) is 0 Å². The van der Waals surface area contributed by atoms with Crippen molar-refractivity contribution in [3.63, 3.8) is 0 Å². The van der Waals surface area contributed by atoms with Gasteiger partial charge in [0.2, 0.25) is 10.0 Å². The van der Waals surface area contributed by atoms with Gasteiger partial charge in [0.15, 0.2) is 11.4 Å². The molecule has 1 fully saturated rings. The van der Waals surface area contributed by atoms with Crippen molar-refractivity contribution in [2.24, 2.45) is 7.05 Å². The number of Topliss-reactive ketones (excluding diaryl/α,β-unsaturated/α-hetero) is 1. The molecule has 0 unspecified atom stereocenters. The maximum Gasteiger partial charge on any atom is 0.419 e. The molecule has 0 saturated carbocycles. The summed E-state index contributed by atoms with van der Waals surface area (Å²) in [5.41, 5.74) is 3.25. The highest BCUT2D eigenvalue weighted by Crippen LogP contribution is 2.22. The summed E-state index contributed by atoms with van der Waals surface area (Å²) in [6.07, 6.45) is 0. The van der Waals surface area contributed by atoms with Crippen molar-refractivity contribution in [2.45, 2.75) is 18.7 Å². The lowest BCUT2D eigenvalue weighted by atomic mass is 10.1. The zero-order chi connectivity index (χ0) is 21.6. The van der Waals surface area contributed by atoms with Gasteiger partial charge in [0.1, 0.15) is 0 Å². The summed E-state index contributed by atoms with van der Waals surface area (Å²) in [6.45, 7) is 5.55. The third kappa shape index (κ3) is 3.62. The second-order valence-corrected chi connectivity index (χ2v) is 9.59. The third-order valence-electron chi connectivity index (χ3n) is 5.55. The van der Waals surface area contributed by atoms with Gasteiger partial charge < -0.3 is 9.40 Å². The van der Waals surface area contributed by atoms with Crippen molar-refractivity contribution < 1.29 is 17.6 Å². The first-order valence-corrected chi connectivity index (χ1v) is 11.1. The molecule has 3 aromatic rings. The standard InChI is InChI=1S/C20H24N4O5S/c1-13-10-16(14(2)21-13)18(25)12-23-6-8-24(9-7-23)30(27,28)15-4-5-17-19(11-15)29-20(26)22(17)3/h4-5,10-11,21H,6-9,12H2,1-3H3. The molecule has 30 heavy (non-hydrogen) atoms. The second-order valence-electron chi connectivity index (χ2n) is 7.65. The number of benzene rings is 1. The van der Waals surface area contributed by atoms with Gasteiger partial charge in [0.05, 0.1) is 17.0 Å². The van der Waals surface area contributed by atoms with Crippen LogP contribution in [0.4, 0.5) is 0 Å². The second kappa shape index (κ2) is 7.53. The van der Waals surface area contributed by atoms with Crippen LogP contribution in [0.1, 0.15) is 21.7 Å². The molecular weight excluding hydrogens is 408 g/mol. The summed E-state index contributed by atoms with van der Waals surface area (Å²) in [7, 11) is -2.15. The maximum atomic E-state index is 13.0. The van der Waals surface area contributed by atoms with Crippen LogP contribution < -0.4 is 5.76 Å². The van der Waals surface area contributed by atoms with E-state index >= 15 is 0 Å². The molecule has 0 spiro atoms. The van der Waals surface area contributed by atoms with Crippen molar-refractivity contribution in [1.82, 2.24) is 18.8 Å². The van der Waals surface area contributed by atoms with E-state index in [1.165, 1.54) is 21.0 Å². The number of hydrogen-bond acceptors (Lipinski definition) is 6. The van der Waals surface area contributed by atoms with Crippen LogP contribution in [-0.4, -0.2) is 65.7 Å². The van der Waals surface area contributed by atoms with Crippen LogP contribution >= 0.6 is 0 Å². The first-order chi connectivity index (χ1) is 14.2. The number of carbonyl (C=O) groups is 1. The molecule has 1 aliphatic rings. The Labute approximate surface area is 173 Å². The summed E-state index contributed by atoms with van der Waals surface area (Å²) in [5, 5.41) is 0. The van der Waals surface area contributed by atoms with Gasteiger partial charge in [-0.2, -0.15) is 4.31 Å². The van der Waals surface area contributed by atoms with Crippen LogP contribution in [0.5, 0.6) is 0 Å². The van der Waals surface area contributed by atoms with Gasteiger partial charge in [0, 0.05) is 56.2 Å². The molecule has 0 atom stereocenters. The fourth-order valence-electron chi connectivity index (χ4n) is 3.85. The van der Waals surface area contributed by atoms with E-state index in [2.05, 4.69) is 4.98 Å². The molecule has 2 aromatic heterocycles. The minimum atomic E-state index is -3.72. The molecule has 3 heterocycles. The topological polar surface area (TPSA) is 109 Å². The number of hydrogen-bond donors (Lipinski definition) is 1. The molecule has 0 amide bonds. The molecule has 10 heteroatoms. The van der Waals surface area contributed by atoms with E-state index in [4.69, 9.17) is 4.42 Å². The SMILES string of the molecule is Cc1cc(C(=O)CN2CCN(S(=O)(=O)c3ccc4c(c3)oc(=O)n4C)CC2)c(C)[nH]1. The molecule has 0 aliphatic carbocycles. The highest BCUT2D eigenvalue weighted by Gasteiger charge is 2.30. The average Bonchev–Trinajstić information content (AvgIpc) is 3.19. The van der Waals surface area contributed by atoms with E-state index < -0.39 is 15.8 Å². The van der Waals surface area contributed by atoms with E-state index in [1.54, 1.807) is 13.1 Å². The Bertz CT molecular complexity index is 1280. The number of aromatic nitrogens is 2. The number of H-pyrrole nitrogens is 1. The van der Waals surface area contributed by atoms with Crippen molar-refractivity contribution in [3.05, 3.63) is 51.8 Å². The van der Waals surface area contributed by atoms with Gasteiger partial charge in [-0.15, -0.1) is 0 Å². The Hall–Kier alpha value is -2.69. The number of nitrogens with zero attached hydrogens (tertiary/aromatic N) is 3. The number of nitrogens with one attached hydrogen (secondary N) is 1. The van der Waals surface area contributed by atoms with E-state index in [0.717, 1.165) is 11.4 Å². The van der Waals surface area contributed by atoms with E-state index in [-0.39, 0.29) is 35.9 Å². The van der Waals surface area contributed by atoms with Gasteiger partial charge in [-0.25, -0.2) is 13.2 Å². The lowest BCUT2D eigenvalue weighted by molar-refractivity contribution is 0.0901. The Balaban J connectivity index is 1.45. The monoisotopic (exact) mass is 432 g/mol. The fraction of sp³-hybridized carbons (Fsp3) is 0.400. The van der Waals surface area contributed by atoms with Gasteiger partial charge >= 0.3 is 5.76 Å². The molecule has 9 nitrogen and oxygen atoms in total. The number of aryl methyl sites for hydroxylation is 3. The smallest absolute Gasteiger partial charge is 0.408 e. The molecule has 1 aliphatic heterocycles. The number of carbonyl (C=O) groups excluding carboxylic acids is 1. The Kier molecular flexibility index (Phi) is 5.16. The lowest BCUT2D eigenvalue weighted by Crippen LogP contribution is -2.49. The number of ketones is 1. The summed E-state index contributed by atoms with van der Waals surface area (Å²) < 4.78 is 33.9. The lowest BCUT2D eigenvalue weighted by Gasteiger charge is -2.33. The molecule has 1 saturated heterocycles. The normalized spacial score (nSPS) is 16.4. The molecule has 1 N–H and O–H groups in total. The number of piperazine rings is 1. The molecule has 0 bridgehead atoms. The highest BCUT2D eigenvalue weighted by molar-refractivity contribution is 7.89. The Morgan fingerprint density at radius 1 is 1.13 bits per heavy atom. The van der Waals surface area contributed by atoms with Gasteiger partial charge in [-0.05, 0) is 32.0 Å². The van der Waals surface area contributed by atoms with Crippen LogP contribution in [0.3, 0.4) is 0 Å². The molecule has 1 aromatic carbocycles. The van der Waals surface area contributed by atoms with Crippen LogP contribution in [-0.2, 0) is 17.1 Å². The summed E-state index contributed by atoms with van der Waals surface area (Å²) in [4.78, 5) is 29.4. The number of sulfonamides is 1. The van der Waals surface area contributed by atoms with Gasteiger partial charge in [-0.3, -0.25) is 14.3 Å². The van der Waals surface area contributed by atoms with Crippen molar-refractivity contribution in [2.75, 3.05) is 32.7 Å². The number of rotatable bonds is 5. The largest absolute Gasteiger partial charge is 0.419 e. The molecular formula is C20H24N4O5S. The quantitative estimate of drug-likeness (QED) is 0.608. The maximum absolute atomic E-state index is 13.0. The van der Waals surface area contributed by atoms with E-state index in [0.29, 0.717) is 24.2 Å². The first-order valence-electron chi connectivity index (χ1n) is 9.68. The zero-order valence-electron chi connectivity index (χ0n) is 17.1. The van der Waals surface area contributed by atoms with Gasteiger partial charge in [0.25, 0.3) is 0 Å². The average molecular weight is 433 g/mol. The molecule has 4 rings (SSSR count). The van der Waals surface area contributed by atoms with Crippen LogP contribution in [0.25, 0.3) is 11.1 Å². The predicted molar refractivity (Wildman–Crippen MR) is 111 cm³/mol. The minimum Gasteiger partial charge on any atom is -0.408 e. The first kappa shape index (κ1) is 20.6. The summed E-state index contributed by atoms with van der Waals surface area (Å²) >= 11 is 0. The molecule has 0 radical (unpaired) electrons. The van der Waals surface area contributed by atoms with Crippen molar-refractivity contribution in [1.29, 1.82) is 0 Å². The van der Waals surface area contributed by atoms with Crippen LogP contribution in [0, 0.1) is 13.8 Å². The number of fused-ring (bicyclic) bond motifs is 1. The summed E-state index contributed by atoms with van der Waals surface area (Å²) in [6, 6.07) is 6.29. The van der Waals surface area contributed by atoms with Crippen LogP contribution in [0.2, 0.25) is 0 Å². The van der Waals surface area contributed by atoms with Gasteiger partial charge in [-0.1, -0.05) is 0 Å². The van der Waals surface area contributed by atoms with E-state index in [9.17, 15) is 18.0 Å². The Morgan fingerprint density at radius 2 is 1.83 bits per heavy atom. The number of aromatic amines is 1. The van der Waals surface area contributed by atoms with Crippen LogP contribution in [0.15, 0.2) is 38.4 Å². The summed E-state index contributed by atoms with van der Waals surface area (Å²) in [5.74, 6) is -0.511. The van der Waals surface area contributed by atoms with Crippen molar-refractivity contribution >= 4 is 26.9 Å². The highest BCUT2D eigenvalue weighted by atomic mass is 32.2.